The van der Waals surface area contributed by atoms with Crippen molar-refractivity contribution in [3.63, 3.8) is 0 Å². The van der Waals surface area contributed by atoms with Crippen LogP contribution in [0.25, 0.3) is 0 Å². The van der Waals surface area contributed by atoms with Crippen molar-refractivity contribution in [3.8, 4) is 0 Å². The Labute approximate surface area is 119 Å². The van der Waals surface area contributed by atoms with Crippen molar-refractivity contribution in [3.05, 3.63) is 35.4 Å². The largest absolute Gasteiger partial charge is 0.317 e. The van der Waals surface area contributed by atoms with Crippen molar-refractivity contribution >= 4 is 11.8 Å². The smallest absolute Gasteiger partial charge is 0.261 e. The van der Waals surface area contributed by atoms with E-state index in [0.717, 1.165) is 6.42 Å². The lowest BCUT2D eigenvalue weighted by atomic mass is 9.99. The number of imide groups is 1. The van der Waals surface area contributed by atoms with Crippen LogP contribution in [0.4, 0.5) is 0 Å². The van der Waals surface area contributed by atoms with Crippen molar-refractivity contribution in [2.24, 2.45) is 5.92 Å². The van der Waals surface area contributed by atoms with E-state index in [1.165, 1.54) is 24.2 Å². The Morgan fingerprint density at radius 3 is 2.40 bits per heavy atom. The highest BCUT2D eigenvalue weighted by molar-refractivity contribution is 6.21. The maximum atomic E-state index is 12.3. The number of hydrogen-bond donors (Lipinski definition) is 1. The molecule has 2 amide bonds. The topological polar surface area (TPSA) is 49.4 Å². The van der Waals surface area contributed by atoms with Gasteiger partial charge in [-0.25, -0.2) is 0 Å². The molecule has 0 saturated heterocycles. The van der Waals surface area contributed by atoms with E-state index in [0.29, 0.717) is 29.6 Å². The van der Waals surface area contributed by atoms with E-state index in [1.54, 1.807) is 12.1 Å². The third kappa shape index (κ3) is 2.14. The second-order valence-corrected chi connectivity index (χ2v) is 5.68. The molecular formula is C16H20N2O2. The molecule has 106 valence electrons. The molecule has 4 nitrogen and oxygen atoms in total. The van der Waals surface area contributed by atoms with Gasteiger partial charge in [-0.2, -0.15) is 0 Å². The van der Waals surface area contributed by atoms with Crippen LogP contribution in [-0.2, 0) is 0 Å². The van der Waals surface area contributed by atoms with E-state index >= 15 is 0 Å². The number of nitrogens with zero attached hydrogens (tertiary/aromatic N) is 1. The fourth-order valence-electron chi connectivity index (χ4n) is 3.50. The lowest BCUT2D eigenvalue weighted by Gasteiger charge is -2.21. The molecule has 3 rings (SSSR count). The number of hydrogen-bond acceptors (Lipinski definition) is 3. The normalized spacial score (nSPS) is 25.4. The molecule has 1 heterocycles. The summed E-state index contributed by atoms with van der Waals surface area (Å²) >= 11 is 0. The van der Waals surface area contributed by atoms with Gasteiger partial charge in [0.25, 0.3) is 11.8 Å². The van der Waals surface area contributed by atoms with Gasteiger partial charge >= 0.3 is 0 Å². The summed E-state index contributed by atoms with van der Waals surface area (Å²) in [5, 5.41) is 3.34. The quantitative estimate of drug-likeness (QED) is 0.854. The van der Waals surface area contributed by atoms with Crippen LogP contribution in [0, 0.1) is 5.92 Å². The van der Waals surface area contributed by atoms with Crippen LogP contribution in [0.15, 0.2) is 24.3 Å². The van der Waals surface area contributed by atoms with Gasteiger partial charge in [0.2, 0.25) is 0 Å². The predicted octanol–water partition coefficient (Wildman–Crippen LogP) is 2.06. The first kappa shape index (κ1) is 13.3. The Morgan fingerprint density at radius 2 is 1.80 bits per heavy atom. The molecule has 1 aromatic carbocycles. The highest BCUT2D eigenvalue weighted by Gasteiger charge is 2.36. The van der Waals surface area contributed by atoms with Crippen LogP contribution < -0.4 is 5.32 Å². The monoisotopic (exact) mass is 272 g/mol. The van der Waals surface area contributed by atoms with Crippen LogP contribution in [0.5, 0.6) is 0 Å². The third-order valence-corrected chi connectivity index (χ3v) is 4.63. The zero-order valence-electron chi connectivity index (χ0n) is 11.8. The highest BCUT2D eigenvalue weighted by atomic mass is 16.2. The summed E-state index contributed by atoms with van der Waals surface area (Å²) in [5.74, 6) is 0.304. The molecule has 0 spiro atoms. The molecule has 1 fully saturated rings. The minimum atomic E-state index is -0.135. The molecule has 0 aromatic heterocycles. The van der Waals surface area contributed by atoms with Gasteiger partial charge in [0.1, 0.15) is 0 Å². The second-order valence-electron chi connectivity index (χ2n) is 5.68. The van der Waals surface area contributed by atoms with Gasteiger partial charge in [-0.3, -0.25) is 14.5 Å². The number of fused-ring (bicyclic) bond motifs is 1. The SMILES string of the molecule is CNC1CCCC1CCN1C(=O)c2ccccc2C1=O. The molecule has 2 unspecified atom stereocenters. The van der Waals surface area contributed by atoms with Crippen molar-refractivity contribution in [1.82, 2.24) is 10.2 Å². The summed E-state index contributed by atoms with van der Waals surface area (Å²) in [4.78, 5) is 25.9. The lowest BCUT2D eigenvalue weighted by Crippen LogP contribution is -2.35. The van der Waals surface area contributed by atoms with E-state index in [1.807, 2.05) is 19.2 Å². The number of nitrogens with one attached hydrogen (secondary N) is 1. The molecule has 1 N–H and O–H groups in total. The first-order valence-electron chi connectivity index (χ1n) is 7.35. The van der Waals surface area contributed by atoms with Gasteiger partial charge in [-0.1, -0.05) is 18.6 Å². The van der Waals surface area contributed by atoms with E-state index in [4.69, 9.17) is 0 Å². The zero-order chi connectivity index (χ0) is 14.1. The minimum Gasteiger partial charge on any atom is -0.317 e. The van der Waals surface area contributed by atoms with Gasteiger partial charge in [-0.05, 0) is 44.4 Å². The first-order valence-corrected chi connectivity index (χ1v) is 7.35. The maximum Gasteiger partial charge on any atom is 0.261 e. The summed E-state index contributed by atoms with van der Waals surface area (Å²) in [6, 6.07) is 7.62. The molecule has 0 bridgehead atoms. The maximum absolute atomic E-state index is 12.3. The van der Waals surface area contributed by atoms with E-state index in [-0.39, 0.29) is 11.8 Å². The average molecular weight is 272 g/mol. The van der Waals surface area contributed by atoms with Gasteiger partial charge in [-0.15, -0.1) is 0 Å². The molecule has 1 saturated carbocycles. The third-order valence-electron chi connectivity index (χ3n) is 4.63. The highest BCUT2D eigenvalue weighted by Crippen LogP contribution is 2.30. The van der Waals surface area contributed by atoms with Gasteiger partial charge in [0.05, 0.1) is 11.1 Å². The Morgan fingerprint density at radius 1 is 1.15 bits per heavy atom. The van der Waals surface area contributed by atoms with Gasteiger partial charge in [0, 0.05) is 12.6 Å². The molecule has 2 atom stereocenters. The predicted molar refractivity (Wildman–Crippen MR) is 76.6 cm³/mol. The van der Waals surface area contributed by atoms with Crippen molar-refractivity contribution < 1.29 is 9.59 Å². The molecule has 1 aliphatic heterocycles. The van der Waals surface area contributed by atoms with Crippen LogP contribution >= 0.6 is 0 Å². The van der Waals surface area contributed by atoms with E-state index in [2.05, 4.69) is 5.32 Å². The number of carbonyl (C=O) groups is 2. The first-order chi connectivity index (χ1) is 9.72. The number of rotatable bonds is 4. The number of carbonyl (C=O) groups excluding carboxylic acids is 2. The van der Waals surface area contributed by atoms with Crippen molar-refractivity contribution in [1.29, 1.82) is 0 Å². The van der Waals surface area contributed by atoms with Gasteiger partial charge in [0.15, 0.2) is 0 Å². The van der Waals surface area contributed by atoms with Crippen molar-refractivity contribution in [2.75, 3.05) is 13.6 Å². The Balaban J connectivity index is 1.68. The molecule has 1 aliphatic carbocycles. The average Bonchev–Trinajstić information content (AvgIpc) is 3.02. The number of amides is 2. The molecule has 20 heavy (non-hydrogen) atoms. The Hall–Kier alpha value is -1.68. The summed E-state index contributed by atoms with van der Waals surface area (Å²) < 4.78 is 0. The summed E-state index contributed by atoms with van der Waals surface area (Å²) in [6.07, 6.45) is 4.52. The Kier molecular flexibility index (Phi) is 3.57. The Bertz CT molecular complexity index is 506. The second kappa shape index (κ2) is 5.37. The van der Waals surface area contributed by atoms with Gasteiger partial charge < -0.3 is 5.32 Å². The summed E-state index contributed by atoms with van der Waals surface area (Å²) in [6.45, 7) is 0.537. The zero-order valence-corrected chi connectivity index (χ0v) is 11.8. The fourth-order valence-corrected chi connectivity index (χ4v) is 3.50. The lowest BCUT2D eigenvalue weighted by molar-refractivity contribution is 0.0644. The molecule has 2 aliphatic rings. The standard InChI is InChI=1S/C16H20N2O2/c1-17-14-8-4-5-11(14)9-10-18-15(19)12-6-2-3-7-13(12)16(18)20/h2-3,6-7,11,14,17H,4-5,8-10H2,1H3. The van der Waals surface area contributed by atoms with Crippen LogP contribution in [0.1, 0.15) is 46.4 Å². The van der Waals surface area contributed by atoms with Crippen molar-refractivity contribution in [2.45, 2.75) is 31.7 Å². The van der Waals surface area contributed by atoms with E-state index < -0.39 is 0 Å². The van der Waals surface area contributed by atoms with Crippen LogP contribution in [0.3, 0.4) is 0 Å². The summed E-state index contributed by atoms with van der Waals surface area (Å²) in [5.41, 5.74) is 1.10. The fraction of sp³-hybridized carbons (Fsp3) is 0.500. The molecular weight excluding hydrogens is 252 g/mol. The molecule has 4 heteroatoms. The number of benzene rings is 1. The molecule has 1 aromatic rings. The minimum absolute atomic E-state index is 0.135. The summed E-state index contributed by atoms with van der Waals surface area (Å²) in [7, 11) is 1.99. The van der Waals surface area contributed by atoms with E-state index in [9.17, 15) is 9.59 Å². The van der Waals surface area contributed by atoms with Crippen LogP contribution in [-0.4, -0.2) is 36.3 Å². The molecule has 0 radical (unpaired) electrons. The van der Waals surface area contributed by atoms with Crippen LogP contribution in [0.2, 0.25) is 0 Å².